The maximum Gasteiger partial charge on any atom is 0.238 e. The van der Waals surface area contributed by atoms with Gasteiger partial charge in [-0.1, -0.05) is 17.7 Å². The number of pyridine rings is 1. The highest BCUT2D eigenvalue weighted by atomic mass is 35.5. The van der Waals surface area contributed by atoms with E-state index in [4.69, 9.17) is 16.3 Å². The monoisotopic (exact) mass is 333 g/mol. The molecule has 1 aromatic heterocycles. The van der Waals surface area contributed by atoms with Crippen LogP contribution in [0.15, 0.2) is 48.8 Å². The highest BCUT2D eigenvalue weighted by Gasteiger charge is 2.11. The number of ether oxygens (including phenoxy) is 1. The molecule has 0 aliphatic heterocycles. The van der Waals surface area contributed by atoms with E-state index in [1.54, 1.807) is 43.8 Å². The van der Waals surface area contributed by atoms with Crippen molar-refractivity contribution in [1.82, 2.24) is 9.88 Å². The first-order valence-electron chi connectivity index (χ1n) is 7.33. The van der Waals surface area contributed by atoms with Crippen LogP contribution >= 0.6 is 11.6 Å². The van der Waals surface area contributed by atoms with E-state index in [0.717, 1.165) is 11.3 Å². The summed E-state index contributed by atoms with van der Waals surface area (Å²) in [6.07, 6.45) is 3.53. The van der Waals surface area contributed by atoms with Crippen molar-refractivity contribution in [3.05, 3.63) is 59.4 Å². The number of anilines is 1. The van der Waals surface area contributed by atoms with Crippen molar-refractivity contribution in [3.8, 4) is 0 Å². The molecule has 2 aromatic rings. The fraction of sp³-hybridized carbons (Fsp3) is 0.294. The number of carbonyl (C=O) groups excluding carboxylic acids is 1. The van der Waals surface area contributed by atoms with Crippen molar-refractivity contribution >= 4 is 23.2 Å². The molecule has 0 bridgehead atoms. The molecule has 0 fully saturated rings. The summed E-state index contributed by atoms with van der Waals surface area (Å²) >= 11 is 5.84. The van der Waals surface area contributed by atoms with Crippen LogP contribution in [0.5, 0.6) is 0 Å². The quantitative estimate of drug-likeness (QED) is 0.807. The Morgan fingerprint density at radius 2 is 2.09 bits per heavy atom. The minimum atomic E-state index is -0.0766. The zero-order chi connectivity index (χ0) is 16.5. The summed E-state index contributed by atoms with van der Waals surface area (Å²) in [7, 11) is 1.65. The number of hydrogen-bond acceptors (Lipinski definition) is 4. The number of halogens is 1. The molecule has 2 rings (SSSR count). The lowest BCUT2D eigenvalue weighted by atomic mass is 10.2. The summed E-state index contributed by atoms with van der Waals surface area (Å²) in [5.74, 6) is -0.0766. The van der Waals surface area contributed by atoms with Crippen LogP contribution in [-0.4, -0.2) is 42.6 Å². The SMILES string of the molecule is COCCN(CC(=O)Nc1ccc(Cl)cc1)Cc1cccnc1. The molecule has 1 heterocycles. The minimum absolute atomic E-state index is 0.0766. The van der Waals surface area contributed by atoms with E-state index in [0.29, 0.717) is 24.7 Å². The molecule has 5 nitrogen and oxygen atoms in total. The van der Waals surface area contributed by atoms with Crippen molar-refractivity contribution in [2.24, 2.45) is 0 Å². The van der Waals surface area contributed by atoms with Gasteiger partial charge in [0, 0.05) is 43.3 Å². The van der Waals surface area contributed by atoms with Crippen LogP contribution in [0.25, 0.3) is 0 Å². The Labute approximate surface area is 141 Å². The molecule has 0 radical (unpaired) electrons. The van der Waals surface area contributed by atoms with Gasteiger partial charge in [-0.05, 0) is 35.9 Å². The average Bonchev–Trinajstić information content (AvgIpc) is 2.55. The van der Waals surface area contributed by atoms with Crippen LogP contribution in [0.1, 0.15) is 5.56 Å². The van der Waals surface area contributed by atoms with Gasteiger partial charge in [0.15, 0.2) is 0 Å². The van der Waals surface area contributed by atoms with Crippen molar-refractivity contribution in [2.75, 3.05) is 32.1 Å². The summed E-state index contributed by atoms with van der Waals surface area (Å²) in [5.41, 5.74) is 1.79. The van der Waals surface area contributed by atoms with E-state index >= 15 is 0 Å². The van der Waals surface area contributed by atoms with E-state index in [9.17, 15) is 4.79 Å². The number of rotatable bonds is 8. The Morgan fingerprint density at radius 1 is 1.30 bits per heavy atom. The number of aromatic nitrogens is 1. The van der Waals surface area contributed by atoms with Gasteiger partial charge in [0.25, 0.3) is 0 Å². The zero-order valence-corrected chi connectivity index (χ0v) is 13.8. The van der Waals surface area contributed by atoms with Crippen molar-refractivity contribution in [1.29, 1.82) is 0 Å². The van der Waals surface area contributed by atoms with Crippen LogP contribution in [-0.2, 0) is 16.1 Å². The topological polar surface area (TPSA) is 54.5 Å². The maximum atomic E-state index is 12.2. The molecule has 23 heavy (non-hydrogen) atoms. The Balaban J connectivity index is 1.93. The molecule has 1 N–H and O–H groups in total. The second-order valence-electron chi connectivity index (χ2n) is 5.12. The summed E-state index contributed by atoms with van der Waals surface area (Å²) in [5, 5.41) is 3.51. The minimum Gasteiger partial charge on any atom is -0.383 e. The molecule has 1 aromatic carbocycles. The molecule has 6 heteroatoms. The fourth-order valence-corrected chi connectivity index (χ4v) is 2.25. The zero-order valence-electron chi connectivity index (χ0n) is 13.0. The predicted molar refractivity (Wildman–Crippen MR) is 91.5 cm³/mol. The molecule has 0 spiro atoms. The maximum absolute atomic E-state index is 12.2. The first-order chi connectivity index (χ1) is 11.2. The Hall–Kier alpha value is -1.95. The summed E-state index contributed by atoms with van der Waals surface area (Å²) in [4.78, 5) is 18.3. The lowest BCUT2D eigenvalue weighted by Crippen LogP contribution is -2.35. The molecule has 0 unspecified atom stereocenters. The number of nitrogens with one attached hydrogen (secondary N) is 1. The molecule has 0 saturated heterocycles. The normalized spacial score (nSPS) is 10.7. The van der Waals surface area contributed by atoms with E-state index in [1.165, 1.54) is 0 Å². The van der Waals surface area contributed by atoms with Crippen LogP contribution < -0.4 is 5.32 Å². The molecular formula is C17H20ClN3O2. The van der Waals surface area contributed by atoms with Crippen molar-refractivity contribution in [3.63, 3.8) is 0 Å². The molecule has 122 valence electrons. The summed E-state index contributed by atoms with van der Waals surface area (Å²) < 4.78 is 5.12. The largest absolute Gasteiger partial charge is 0.383 e. The number of nitrogens with zero attached hydrogens (tertiary/aromatic N) is 2. The second-order valence-corrected chi connectivity index (χ2v) is 5.56. The number of methoxy groups -OCH3 is 1. The summed E-state index contributed by atoms with van der Waals surface area (Å²) in [6.45, 7) is 2.15. The Morgan fingerprint density at radius 3 is 2.74 bits per heavy atom. The van der Waals surface area contributed by atoms with Gasteiger partial charge in [-0.3, -0.25) is 14.7 Å². The van der Waals surface area contributed by atoms with Crippen LogP contribution in [0.4, 0.5) is 5.69 Å². The molecule has 0 saturated carbocycles. The average molecular weight is 334 g/mol. The standard InChI is InChI=1S/C17H20ClN3O2/c1-23-10-9-21(12-14-3-2-8-19-11-14)13-17(22)20-16-6-4-15(18)5-7-16/h2-8,11H,9-10,12-13H2,1H3,(H,20,22). The van der Waals surface area contributed by atoms with Gasteiger partial charge in [0.05, 0.1) is 13.2 Å². The van der Waals surface area contributed by atoms with Gasteiger partial charge < -0.3 is 10.1 Å². The van der Waals surface area contributed by atoms with Crippen molar-refractivity contribution < 1.29 is 9.53 Å². The third-order valence-electron chi connectivity index (χ3n) is 3.24. The number of carbonyl (C=O) groups is 1. The van der Waals surface area contributed by atoms with E-state index in [2.05, 4.69) is 10.3 Å². The Kier molecular flexibility index (Phi) is 7.00. The van der Waals surface area contributed by atoms with E-state index in [1.807, 2.05) is 17.0 Å². The van der Waals surface area contributed by atoms with Crippen LogP contribution in [0.2, 0.25) is 5.02 Å². The smallest absolute Gasteiger partial charge is 0.238 e. The van der Waals surface area contributed by atoms with Gasteiger partial charge in [-0.25, -0.2) is 0 Å². The lowest BCUT2D eigenvalue weighted by molar-refractivity contribution is -0.117. The van der Waals surface area contributed by atoms with Gasteiger partial charge in [0.2, 0.25) is 5.91 Å². The number of benzene rings is 1. The Bertz CT molecular complexity index is 605. The first-order valence-corrected chi connectivity index (χ1v) is 7.71. The molecular weight excluding hydrogens is 314 g/mol. The van der Waals surface area contributed by atoms with E-state index < -0.39 is 0 Å². The number of hydrogen-bond donors (Lipinski definition) is 1. The summed E-state index contributed by atoms with van der Waals surface area (Å²) in [6, 6.07) is 10.9. The van der Waals surface area contributed by atoms with Crippen molar-refractivity contribution in [2.45, 2.75) is 6.54 Å². The van der Waals surface area contributed by atoms with Gasteiger partial charge in [-0.2, -0.15) is 0 Å². The second kappa shape index (κ2) is 9.25. The van der Waals surface area contributed by atoms with Gasteiger partial charge in [-0.15, -0.1) is 0 Å². The van der Waals surface area contributed by atoms with Gasteiger partial charge in [0.1, 0.15) is 0 Å². The van der Waals surface area contributed by atoms with Crippen LogP contribution in [0, 0.1) is 0 Å². The molecule has 0 aliphatic rings. The first kappa shape index (κ1) is 17.4. The third-order valence-corrected chi connectivity index (χ3v) is 3.49. The van der Waals surface area contributed by atoms with Gasteiger partial charge >= 0.3 is 0 Å². The predicted octanol–water partition coefficient (Wildman–Crippen LogP) is 2.82. The highest BCUT2D eigenvalue weighted by molar-refractivity contribution is 6.30. The number of amides is 1. The molecule has 0 aliphatic carbocycles. The van der Waals surface area contributed by atoms with Crippen LogP contribution in [0.3, 0.4) is 0 Å². The fourth-order valence-electron chi connectivity index (χ4n) is 2.12. The highest BCUT2D eigenvalue weighted by Crippen LogP contribution is 2.13. The van der Waals surface area contributed by atoms with E-state index in [-0.39, 0.29) is 12.5 Å². The molecule has 0 atom stereocenters. The third kappa shape index (κ3) is 6.36. The lowest BCUT2D eigenvalue weighted by Gasteiger charge is -2.21. The molecule has 1 amide bonds.